The van der Waals surface area contributed by atoms with Crippen LogP contribution >= 0.6 is 11.6 Å². The van der Waals surface area contributed by atoms with E-state index in [4.69, 9.17) is 16.3 Å². The molecule has 1 aliphatic heterocycles. The van der Waals surface area contributed by atoms with Crippen molar-refractivity contribution in [2.24, 2.45) is 0 Å². The third kappa shape index (κ3) is 5.32. The first-order valence-electron chi connectivity index (χ1n) is 9.45. The van der Waals surface area contributed by atoms with Crippen LogP contribution in [0.15, 0.2) is 30.5 Å². The summed E-state index contributed by atoms with van der Waals surface area (Å²) in [6.07, 6.45) is 6.83. The molecule has 144 valence electrons. The Balaban J connectivity index is 1.59. The number of hydrogen-bond donors (Lipinski definition) is 1. The summed E-state index contributed by atoms with van der Waals surface area (Å²) >= 11 is 6.10. The molecule has 0 aliphatic carbocycles. The van der Waals surface area contributed by atoms with Crippen molar-refractivity contribution in [2.75, 3.05) is 24.6 Å². The lowest BCUT2D eigenvalue weighted by Crippen LogP contribution is -2.26. The number of nitrogens with zero attached hydrogens (tertiary/aromatic N) is 3. The van der Waals surface area contributed by atoms with Crippen LogP contribution in [0.2, 0.25) is 5.02 Å². The molecule has 0 bridgehead atoms. The lowest BCUT2D eigenvalue weighted by molar-refractivity contribution is 0.0945. The van der Waals surface area contributed by atoms with Crippen molar-refractivity contribution in [3.8, 4) is 5.88 Å². The van der Waals surface area contributed by atoms with Gasteiger partial charge >= 0.3 is 0 Å². The second-order valence-electron chi connectivity index (χ2n) is 6.52. The number of hydrogen-bond acceptors (Lipinski definition) is 5. The Morgan fingerprint density at radius 3 is 2.63 bits per heavy atom. The molecule has 2 aromatic rings. The van der Waals surface area contributed by atoms with Crippen LogP contribution in [0, 0.1) is 0 Å². The number of anilines is 1. The van der Waals surface area contributed by atoms with Gasteiger partial charge in [-0.05, 0) is 37.5 Å². The molecule has 3 rings (SSSR count). The number of amides is 1. The van der Waals surface area contributed by atoms with E-state index < -0.39 is 0 Å². The predicted molar refractivity (Wildman–Crippen MR) is 107 cm³/mol. The summed E-state index contributed by atoms with van der Waals surface area (Å²) in [4.78, 5) is 23.5. The van der Waals surface area contributed by atoms with Crippen molar-refractivity contribution in [3.63, 3.8) is 0 Å². The van der Waals surface area contributed by atoms with E-state index in [1.165, 1.54) is 25.7 Å². The van der Waals surface area contributed by atoms with Crippen molar-refractivity contribution >= 4 is 23.3 Å². The van der Waals surface area contributed by atoms with Crippen LogP contribution < -0.4 is 15.0 Å². The molecule has 1 saturated heterocycles. The van der Waals surface area contributed by atoms with E-state index in [9.17, 15) is 4.79 Å². The van der Waals surface area contributed by atoms with Crippen LogP contribution in [0.1, 0.15) is 48.7 Å². The average Bonchev–Trinajstić information content (AvgIpc) is 2.98. The normalized spacial score (nSPS) is 14.5. The molecule has 3 heterocycles. The minimum atomic E-state index is -0.335. The lowest BCUT2D eigenvalue weighted by Gasteiger charge is -2.21. The van der Waals surface area contributed by atoms with Gasteiger partial charge in [0.2, 0.25) is 5.88 Å². The Kier molecular flexibility index (Phi) is 6.87. The van der Waals surface area contributed by atoms with E-state index >= 15 is 0 Å². The monoisotopic (exact) mass is 388 g/mol. The minimum Gasteiger partial charge on any atom is -0.478 e. The highest BCUT2D eigenvalue weighted by Gasteiger charge is 2.14. The van der Waals surface area contributed by atoms with Gasteiger partial charge < -0.3 is 15.0 Å². The first-order chi connectivity index (χ1) is 13.2. The molecule has 27 heavy (non-hydrogen) atoms. The lowest BCUT2D eigenvalue weighted by atomic mass is 10.2. The number of carbonyl (C=O) groups is 1. The highest BCUT2D eigenvalue weighted by atomic mass is 35.5. The van der Waals surface area contributed by atoms with Gasteiger partial charge in [0, 0.05) is 31.9 Å². The first kappa shape index (κ1) is 19.4. The number of halogens is 1. The van der Waals surface area contributed by atoms with Crippen molar-refractivity contribution in [1.29, 1.82) is 0 Å². The quantitative estimate of drug-likeness (QED) is 0.814. The van der Waals surface area contributed by atoms with E-state index in [1.807, 2.05) is 25.3 Å². The summed E-state index contributed by atoms with van der Waals surface area (Å²) in [5, 5.41) is 3.14. The second kappa shape index (κ2) is 9.55. The predicted octanol–water partition coefficient (Wildman–Crippen LogP) is 3.84. The highest BCUT2D eigenvalue weighted by molar-refractivity contribution is 6.33. The molecular weight excluding hydrogens is 364 g/mol. The van der Waals surface area contributed by atoms with Crippen molar-refractivity contribution in [3.05, 3.63) is 46.7 Å². The average molecular weight is 389 g/mol. The van der Waals surface area contributed by atoms with Crippen molar-refractivity contribution < 1.29 is 9.53 Å². The van der Waals surface area contributed by atoms with Gasteiger partial charge in [-0.25, -0.2) is 9.97 Å². The Bertz CT molecular complexity index is 759. The maximum Gasteiger partial charge on any atom is 0.271 e. The van der Waals surface area contributed by atoms with Crippen molar-refractivity contribution in [1.82, 2.24) is 15.3 Å². The smallest absolute Gasteiger partial charge is 0.271 e. The van der Waals surface area contributed by atoms with Crippen LogP contribution in [0.25, 0.3) is 0 Å². The number of rotatable bonds is 6. The summed E-state index contributed by atoms with van der Waals surface area (Å²) in [5.41, 5.74) is 1.09. The Labute approximate surface area is 164 Å². The summed E-state index contributed by atoms with van der Waals surface area (Å²) in [7, 11) is 0. The molecule has 7 heteroatoms. The Morgan fingerprint density at radius 1 is 1.19 bits per heavy atom. The zero-order valence-electron chi connectivity index (χ0n) is 15.6. The van der Waals surface area contributed by atoms with Crippen LogP contribution in [0.3, 0.4) is 0 Å². The minimum absolute atomic E-state index is 0.164. The maximum absolute atomic E-state index is 12.4. The molecule has 1 amide bonds. The topological polar surface area (TPSA) is 67.3 Å². The van der Waals surface area contributed by atoms with Crippen LogP contribution in [-0.2, 0) is 6.54 Å². The van der Waals surface area contributed by atoms with Gasteiger partial charge in [-0.15, -0.1) is 0 Å². The van der Waals surface area contributed by atoms with Gasteiger partial charge in [0.05, 0.1) is 11.6 Å². The molecule has 1 aliphatic rings. The van der Waals surface area contributed by atoms with E-state index in [0.717, 1.165) is 24.5 Å². The molecule has 1 fully saturated rings. The fourth-order valence-corrected chi connectivity index (χ4v) is 3.28. The number of nitrogens with one attached hydrogen (secondary N) is 1. The van der Waals surface area contributed by atoms with Gasteiger partial charge in [0.15, 0.2) is 5.69 Å². The van der Waals surface area contributed by atoms with E-state index in [2.05, 4.69) is 20.2 Å². The van der Waals surface area contributed by atoms with E-state index in [1.54, 1.807) is 12.1 Å². The second-order valence-corrected chi connectivity index (χ2v) is 6.93. The molecular formula is C20H25ClN4O2. The van der Waals surface area contributed by atoms with E-state index in [0.29, 0.717) is 24.1 Å². The zero-order chi connectivity index (χ0) is 19.1. The largest absolute Gasteiger partial charge is 0.478 e. The van der Waals surface area contributed by atoms with Crippen LogP contribution in [0.5, 0.6) is 5.88 Å². The number of carbonyl (C=O) groups excluding carboxylic acids is 1. The number of aromatic nitrogens is 2. The fraction of sp³-hybridized carbons (Fsp3) is 0.450. The number of pyridine rings is 2. The zero-order valence-corrected chi connectivity index (χ0v) is 16.3. The summed E-state index contributed by atoms with van der Waals surface area (Å²) in [6.45, 7) is 4.82. The van der Waals surface area contributed by atoms with Crippen LogP contribution in [0.4, 0.5) is 5.82 Å². The molecule has 2 aromatic heterocycles. The highest BCUT2D eigenvalue weighted by Crippen LogP contribution is 2.19. The molecule has 0 radical (unpaired) electrons. The molecule has 6 nitrogen and oxygen atoms in total. The number of ether oxygens (including phenoxy) is 1. The molecule has 0 saturated carbocycles. The summed E-state index contributed by atoms with van der Waals surface area (Å²) in [5.74, 6) is 1.05. The maximum atomic E-state index is 12.4. The van der Waals surface area contributed by atoms with Crippen molar-refractivity contribution in [2.45, 2.75) is 39.2 Å². The molecule has 1 N–H and O–H groups in total. The van der Waals surface area contributed by atoms with E-state index in [-0.39, 0.29) is 11.6 Å². The molecule has 0 aromatic carbocycles. The molecule has 0 spiro atoms. The standard InChI is InChI=1S/C20H25ClN4O2/c1-2-27-18-10-8-16(21)19(24-18)20(26)23-14-15-7-9-17(22-13-15)25-11-5-3-4-6-12-25/h7-10,13H,2-6,11-12,14H2,1H3,(H,23,26). The summed E-state index contributed by atoms with van der Waals surface area (Å²) < 4.78 is 5.33. The van der Waals surface area contributed by atoms with Gasteiger partial charge in [-0.1, -0.05) is 30.5 Å². The van der Waals surface area contributed by atoms with Gasteiger partial charge in [-0.3, -0.25) is 4.79 Å². The third-order valence-electron chi connectivity index (χ3n) is 4.52. The Hall–Kier alpha value is -2.34. The van der Waals surface area contributed by atoms with Gasteiger partial charge in [0.25, 0.3) is 5.91 Å². The fourth-order valence-electron chi connectivity index (χ4n) is 3.09. The first-order valence-corrected chi connectivity index (χ1v) is 9.82. The Morgan fingerprint density at radius 2 is 1.96 bits per heavy atom. The summed E-state index contributed by atoms with van der Waals surface area (Å²) in [6, 6.07) is 7.28. The van der Waals surface area contributed by atoms with Crippen LogP contribution in [-0.4, -0.2) is 35.6 Å². The SMILES string of the molecule is CCOc1ccc(Cl)c(C(=O)NCc2ccc(N3CCCCCC3)nc2)n1. The van der Waals surface area contributed by atoms with Gasteiger partial charge in [0.1, 0.15) is 5.82 Å². The molecule has 0 atom stereocenters. The third-order valence-corrected chi connectivity index (χ3v) is 4.82. The molecule has 0 unspecified atom stereocenters. The van der Waals surface area contributed by atoms with Gasteiger partial charge in [-0.2, -0.15) is 0 Å².